The van der Waals surface area contributed by atoms with Crippen LogP contribution in [0.5, 0.6) is 0 Å². The number of rotatable bonds is 6. The Bertz CT molecular complexity index is 457. The smallest absolute Gasteiger partial charge is 0.359 e. The summed E-state index contributed by atoms with van der Waals surface area (Å²) in [5.74, 6) is 0.410. The van der Waals surface area contributed by atoms with E-state index in [-0.39, 0.29) is 42.5 Å². The number of alkyl halides is 3. The number of guanidine groups is 1. The highest BCUT2D eigenvalue weighted by molar-refractivity contribution is 14.0. The maximum absolute atomic E-state index is 12.4. The summed E-state index contributed by atoms with van der Waals surface area (Å²) in [5, 5.41) is 8.83. The van der Waals surface area contributed by atoms with Gasteiger partial charge >= 0.3 is 6.18 Å². The first-order valence-electron chi connectivity index (χ1n) is 8.13. The Morgan fingerprint density at radius 1 is 1.32 bits per heavy atom. The van der Waals surface area contributed by atoms with Crippen molar-refractivity contribution in [3.05, 3.63) is 0 Å². The van der Waals surface area contributed by atoms with E-state index in [2.05, 4.69) is 20.9 Å². The molecule has 0 spiro atoms. The number of aliphatic imine (C=N–C) groups is 1. The molecule has 0 aromatic heterocycles. The second-order valence-electron chi connectivity index (χ2n) is 6.64. The first-order valence-corrected chi connectivity index (χ1v) is 8.13. The topological polar surface area (TPSA) is 68.8 Å². The van der Waals surface area contributed by atoms with Crippen molar-refractivity contribution in [3.8, 4) is 0 Å². The Morgan fingerprint density at radius 2 is 1.96 bits per heavy atom. The summed E-state index contributed by atoms with van der Waals surface area (Å²) >= 11 is 0. The zero-order valence-electron chi connectivity index (χ0n) is 15.2. The monoisotopic (exact) mass is 479 g/mol. The number of hydrogen-bond acceptors (Lipinski definition) is 3. The van der Waals surface area contributed by atoms with Gasteiger partial charge < -0.3 is 16.0 Å². The molecule has 1 atom stereocenters. The molecule has 0 bridgehead atoms. The number of carbonyl (C=O) groups is 1. The minimum atomic E-state index is -4.18. The van der Waals surface area contributed by atoms with Crippen LogP contribution in [-0.4, -0.2) is 68.8 Å². The molecule has 0 saturated carbocycles. The van der Waals surface area contributed by atoms with E-state index in [4.69, 9.17) is 0 Å². The lowest BCUT2D eigenvalue weighted by molar-refractivity contribution is -0.143. The van der Waals surface area contributed by atoms with Crippen molar-refractivity contribution >= 4 is 35.8 Å². The van der Waals surface area contributed by atoms with Crippen molar-refractivity contribution in [2.45, 2.75) is 39.4 Å². The molecule has 1 aliphatic rings. The van der Waals surface area contributed by atoms with Crippen LogP contribution in [0.15, 0.2) is 4.99 Å². The van der Waals surface area contributed by atoms with Gasteiger partial charge in [0.2, 0.25) is 5.91 Å². The van der Waals surface area contributed by atoms with Gasteiger partial charge in [-0.3, -0.25) is 14.7 Å². The SMILES string of the molecule is CCNC(=NCC(C)(C)C(=O)NC)NC1CCN(CC(F)(F)F)C1.I. The van der Waals surface area contributed by atoms with Crippen LogP contribution in [0.1, 0.15) is 27.2 Å². The molecule has 1 heterocycles. The number of carbonyl (C=O) groups excluding carboxylic acids is 1. The molecular formula is C15H29F3IN5O. The van der Waals surface area contributed by atoms with Gasteiger partial charge in [-0.1, -0.05) is 0 Å². The zero-order valence-corrected chi connectivity index (χ0v) is 17.5. The maximum Gasteiger partial charge on any atom is 0.401 e. The summed E-state index contributed by atoms with van der Waals surface area (Å²) < 4.78 is 37.3. The predicted octanol–water partition coefficient (Wildman–Crippen LogP) is 1.57. The van der Waals surface area contributed by atoms with Gasteiger partial charge in [0.15, 0.2) is 5.96 Å². The lowest BCUT2D eigenvalue weighted by Gasteiger charge is -2.22. The van der Waals surface area contributed by atoms with Crippen LogP contribution in [0, 0.1) is 5.41 Å². The van der Waals surface area contributed by atoms with E-state index in [0.29, 0.717) is 32.0 Å². The minimum Gasteiger partial charge on any atom is -0.359 e. The van der Waals surface area contributed by atoms with Gasteiger partial charge in [0.25, 0.3) is 0 Å². The van der Waals surface area contributed by atoms with Crippen molar-refractivity contribution in [1.82, 2.24) is 20.9 Å². The first kappa shape index (κ1) is 24.2. The van der Waals surface area contributed by atoms with Crippen molar-refractivity contribution in [1.29, 1.82) is 0 Å². The molecule has 10 heteroatoms. The van der Waals surface area contributed by atoms with Crippen molar-refractivity contribution in [2.24, 2.45) is 10.4 Å². The number of nitrogens with zero attached hydrogens (tertiary/aromatic N) is 2. The van der Waals surface area contributed by atoms with Gasteiger partial charge in [0.1, 0.15) is 0 Å². The van der Waals surface area contributed by atoms with Crippen LogP contribution < -0.4 is 16.0 Å². The normalized spacial score (nSPS) is 19.3. The lowest BCUT2D eigenvalue weighted by Crippen LogP contribution is -2.46. The Labute approximate surface area is 164 Å². The molecule has 0 aromatic carbocycles. The highest BCUT2D eigenvalue weighted by atomic mass is 127. The van der Waals surface area contributed by atoms with E-state index < -0.39 is 18.1 Å². The van der Waals surface area contributed by atoms with Gasteiger partial charge in [-0.15, -0.1) is 24.0 Å². The quantitative estimate of drug-likeness (QED) is 0.308. The number of likely N-dealkylation sites (tertiary alicyclic amines) is 1. The molecule has 1 aliphatic heterocycles. The summed E-state index contributed by atoms with van der Waals surface area (Å²) in [4.78, 5) is 17.6. The average Bonchev–Trinajstić information content (AvgIpc) is 2.89. The molecule has 0 aromatic rings. The van der Waals surface area contributed by atoms with E-state index >= 15 is 0 Å². The largest absolute Gasteiger partial charge is 0.401 e. The molecule has 1 rings (SSSR count). The molecule has 148 valence electrons. The van der Waals surface area contributed by atoms with Crippen LogP contribution in [-0.2, 0) is 4.79 Å². The third-order valence-corrected chi connectivity index (χ3v) is 3.83. The molecule has 1 saturated heterocycles. The number of hydrogen-bond donors (Lipinski definition) is 3. The number of nitrogens with one attached hydrogen (secondary N) is 3. The summed E-state index contributed by atoms with van der Waals surface area (Å²) in [7, 11) is 1.57. The number of halogens is 4. The fourth-order valence-electron chi connectivity index (χ4n) is 2.55. The van der Waals surface area contributed by atoms with Crippen LogP contribution in [0.4, 0.5) is 13.2 Å². The molecule has 3 N–H and O–H groups in total. The van der Waals surface area contributed by atoms with Gasteiger partial charge in [0.05, 0.1) is 18.5 Å². The first-order chi connectivity index (χ1) is 11.1. The fraction of sp³-hybridized carbons (Fsp3) is 0.867. The molecule has 0 radical (unpaired) electrons. The highest BCUT2D eigenvalue weighted by Crippen LogP contribution is 2.20. The molecule has 1 amide bonds. The zero-order chi connectivity index (χ0) is 18.4. The Morgan fingerprint density at radius 3 is 2.48 bits per heavy atom. The van der Waals surface area contributed by atoms with E-state index in [1.807, 2.05) is 6.92 Å². The summed E-state index contributed by atoms with van der Waals surface area (Å²) in [6.07, 6.45) is -3.55. The summed E-state index contributed by atoms with van der Waals surface area (Å²) in [6.45, 7) is 6.24. The third-order valence-electron chi connectivity index (χ3n) is 3.83. The fourth-order valence-corrected chi connectivity index (χ4v) is 2.55. The Kier molecular flexibility index (Phi) is 10.1. The molecular weight excluding hydrogens is 450 g/mol. The minimum absolute atomic E-state index is 0. The van der Waals surface area contributed by atoms with Crippen LogP contribution in [0.3, 0.4) is 0 Å². The molecule has 1 unspecified atom stereocenters. The lowest BCUT2D eigenvalue weighted by atomic mass is 9.93. The summed E-state index contributed by atoms with van der Waals surface area (Å²) in [5.41, 5.74) is -0.658. The van der Waals surface area contributed by atoms with Crippen LogP contribution in [0.25, 0.3) is 0 Å². The van der Waals surface area contributed by atoms with Gasteiger partial charge in [0, 0.05) is 32.7 Å². The standard InChI is InChI=1S/C15H28F3N5O.HI/c1-5-20-13(21-9-14(2,3)12(24)19-4)22-11-6-7-23(8-11)10-15(16,17)18;/h11H,5-10H2,1-4H3,(H,19,24)(H2,20,21,22);1H. The summed E-state index contributed by atoms with van der Waals surface area (Å²) in [6, 6.07) is -0.0896. The van der Waals surface area contributed by atoms with Gasteiger partial charge in [-0.25, -0.2) is 0 Å². The second-order valence-corrected chi connectivity index (χ2v) is 6.64. The molecule has 6 nitrogen and oxygen atoms in total. The third kappa shape index (κ3) is 8.93. The second kappa shape index (κ2) is 10.4. The van der Waals surface area contributed by atoms with Crippen molar-refractivity contribution < 1.29 is 18.0 Å². The average molecular weight is 479 g/mol. The Balaban J connectivity index is 0.00000576. The molecule has 0 aliphatic carbocycles. The predicted molar refractivity (Wildman–Crippen MR) is 103 cm³/mol. The van der Waals surface area contributed by atoms with E-state index in [0.717, 1.165) is 0 Å². The van der Waals surface area contributed by atoms with E-state index in [9.17, 15) is 18.0 Å². The van der Waals surface area contributed by atoms with E-state index in [1.165, 1.54) is 4.90 Å². The van der Waals surface area contributed by atoms with Crippen molar-refractivity contribution in [2.75, 3.05) is 39.8 Å². The maximum atomic E-state index is 12.4. The van der Waals surface area contributed by atoms with Crippen molar-refractivity contribution in [3.63, 3.8) is 0 Å². The van der Waals surface area contributed by atoms with Crippen LogP contribution >= 0.6 is 24.0 Å². The van der Waals surface area contributed by atoms with Gasteiger partial charge in [-0.05, 0) is 27.2 Å². The molecule has 1 fully saturated rings. The Hall–Kier alpha value is -0.780. The van der Waals surface area contributed by atoms with Gasteiger partial charge in [-0.2, -0.15) is 13.2 Å². The highest BCUT2D eigenvalue weighted by Gasteiger charge is 2.34. The van der Waals surface area contributed by atoms with E-state index in [1.54, 1.807) is 20.9 Å². The van der Waals surface area contributed by atoms with Crippen LogP contribution in [0.2, 0.25) is 0 Å². The molecule has 25 heavy (non-hydrogen) atoms. The number of amides is 1.